The second-order valence-electron chi connectivity index (χ2n) is 6.48. The van der Waals surface area contributed by atoms with Crippen molar-refractivity contribution in [3.63, 3.8) is 0 Å². The summed E-state index contributed by atoms with van der Waals surface area (Å²) in [6.45, 7) is 9.49. The Kier molecular flexibility index (Phi) is 6.19. The molecule has 22 heavy (non-hydrogen) atoms. The second kappa shape index (κ2) is 7.46. The van der Waals surface area contributed by atoms with Crippen molar-refractivity contribution in [3.8, 4) is 6.07 Å². The van der Waals surface area contributed by atoms with Crippen molar-refractivity contribution in [2.45, 2.75) is 52.7 Å². The number of amides is 1. The number of pyridine rings is 1. The van der Waals surface area contributed by atoms with E-state index >= 15 is 0 Å². The Hall–Kier alpha value is -1.80. The van der Waals surface area contributed by atoms with E-state index in [9.17, 15) is 4.79 Å². The van der Waals surface area contributed by atoms with Gasteiger partial charge in [-0.05, 0) is 38.3 Å². The minimum absolute atomic E-state index is 0.0110. The first-order valence-corrected chi connectivity index (χ1v) is 7.52. The standard InChI is InChI=1S/C16H22ClN3O2/c1-10(2)14(22-15(21)20-16(3,4)5)13-11(6-7-18)8-12(17)9-19-13/h8-10,14H,6H2,1-5H3,(H,20,21)/t14-/m1/s1. The molecule has 0 radical (unpaired) electrons. The Bertz CT molecular complexity index is 574. The molecule has 1 aromatic heterocycles. The Morgan fingerprint density at radius 1 is 1.50 bits per heavy atom. The Morgan fingerprint density at radius 3 is 2.64 bits per heavy atom. The third-order valence-corrected chi connectivity index (χ3v) is 3.03. The van der Waals surface area contributed by atoms with Gasteiger partial charge in [0.25, 0.3) is 0 Å². The van der Waals surface area contributed by atoms with E-state index in [1.165, 1.54) is 6.20 Å². The maximum atomic E-state index is 12.0. The summed E-state index contributed by atoms with van der Waals surface area (Å²) in [5.41, 5.74) is 0.865. The maximum Gasteiger partial charge on any atom is 0.408 e. The normalized spacial score (nSPS) is 12.6. The molecule has 1 aromatic rings. The first-order valence-electron chi connectivity index (χ1n) is 7.14. The number of ether oxygens (including phenoxy) is 1. The molecule has 1 heterocycles. The Labute approximate surface area is 136 Å². The zero-order valence-electron chi connectivity index (χ0n) is 13.6. The van der Waals surface area contributed by atoms with Gasteiger partial charge in [-0.3, -0.25) is 4.98 Å². The SMILES string of the molecule is CC(C)[C@@H](OC(=O)NC(C)(C)C)c1ncc(Cl)cc1CC#N. The third-order valence-electron chi connectivity index (χ3n) is 2.82. The van der Waals surface area contributed by atoms with Gasteiger partial charge in [0, 0.05) is 11.7 Å². The van der Waals surface area contributed by atoms with E-state index in [-0.39, 0.29) is 17.9 Å². The molecule has 0 aromatic carbocycles. The smallest absolute Gasteiger partial charge is 0.408 e. The molecule has 0 aliphatic heterocycles. The molecular formula is C16H22ClN3O2. The van der Waals surface area contributed by atoms with Crippen LogP contribution < -0.4 is 5.32 Å². The highest BCUT2D eigenvalue weighted by molar-refractivity contribution is 6.30. The third kappa shape index (κ3) is 5.53. The molecule has 120 valence electrons. The van der Waals surface area contributed by atoms with Crippen LogP contribution >= 0.6 is 11.6 Å². The van der Waals surface area contributed by atoms with Gasteiger partial charge in [-0.2, -0.15) is 5.26 Å². The maximum absolute atomic E-state index is 12.0. The number of nitrogens with zero attached hydrogens (tertiary/aromatic N) is 2. The molecular weight excluding hydrogens is 302 g/mol. The topological polar surface area (TPSA) is 75.0 Å². The van der Waals surface area contributed by atoms with Crippen LogP contribution in [0.15, 0.2) is 12.3 Å². The lowest BCUT2D eigenvalue weighted by Crippen LogP contribution is -2.41. The number of nitrogens with one attached hydrogen (secondary N) is 1. The van der Waals surface area contributed by atoms with Crippen LogP contribution in [0, 0.1) is 17.2 Å². The molecule has 0 unspecified atom stereocenters. The lowest BCUT2D eigenvalue weighted by atomic mass is 9.98. The van der Waals surface area contributed by atoms with Gasteiger partial charge in [0.05, 0.1) is 23.2 Å². The number of alkyl carbamates (subject to hydrolysis) is 1. The number of halogens is 1. The van der Waals surface area contributed by atoms with Gasteiger partial charge in [0.2, 0.25) is 0 Å². The summed E-state index contributed by atoms with van der Waals surface area (Å²) in [6.07, 6.45) is 0.614. The number of aromatic nitrogens is 1. The van der Waals surface area contributed by atoms with Gasteiger partial charge < -0.3 is 10.1 Å². The van der Waals surface area contributed by atoms with Crippen LogP contribution in [0.4, 0.5) is 4.79 Å². The van der Waals surface area contributed by atoms with Crippen molar-refractivity contribution < 1.29 is 9.53 Å². The van der Waals surface area contributed by atoms with E-state index < -0.39 is 12.2 Å². The molecule has 0 aliphatic carbocycles. The van der Waals surface area contributed by atoms with E-state index in [2.05, 4.69) is 16.4 Å². The average molecular weight is 324 g/mol. The Balaban J connectivity index is 3.06. The highest BCUT2D eigenvalue weighted by atomic mass is 35.5. The van der Waals surface area contributed by atoms with Gasteiger partial charge in [0.15, 0.2) is 0 Å². The van der Waals surface area contributed by atoms with Crippen molar-refractivity contribution >= 4 is 17.7 Å². The predicted molar refractivity (Wildman–Crippen MR) is 85.5 cm³/mol. The predicted octanol–water partition coefficient (Wildman–Crippen LogP) is 4.02. The summed E-state index contributed by atoms with van der Waals surface area (Å²) in [6, 6.07) is 3.77. The highest BCUT2D eigenvalue weighted by Gasteiger charge is 2.26. The lowest BCUT2D eigenvalue weighted by Gasteiger charge is -2.26. The quantitative estimate of drug-likeness (QED) is 0.907. The number of hydrogen-bond donors (Lipinski definition) is 1. The number of carbonyl (C=O) groups excluding carboxylic acids is 1. The van der Waals surface area contributed by atoms with Gasteiger partial charge in [-0.25, -0.2) is 4.79 Å². The molecule has 1 N–H and O–H groups in total. The van der Waals surface area contributed by atoms with E-state index in [0.717, 1.165) is 0 Å². The van der Waals surface area contributed by atoms with Crippen LogP contribution in [0.1, 0.15) is 52.0 Å². The largest absolute Gasteiger partial charge is 0.439 e. The van der Waals surface area contributed by atoms with Gasteiger partial charge in [0.1, 0.15) is 6.10 Å². The van der Waals surface area contributed by atoms with Gasteiger partial charge in [-0.1, -0.05) is 25.4 Å². The summed E-state index contributed by atoms with van der Waals surface area (Å²) in [7, 11) is 0. The van der Waals surface area contributed by atoms with Crippen LogP contribution in [-0.2, 0) is 11.2 Å². The van der Waals surface area contributed by atoms with E-state index in [0.29, 0.717) is 16.3 Å². The number of carbonyl (C=O) groups is 1. The van der Waals surface area contributed by atoms with E-state index in [4.69, 9.17) is 21.6 Å². The molecule has 5 nitrogen and oxygen atoms in total. The van der Waals surface area contributed by atoms with Crippen LogP contribution in [0.3, 0.4) is 0 Å². The van der Waals surface area contributed by atoms with Crippen molar-refractivity contribution in [2.75, 3.05) is 0 Å². The summed E-state index contributed by atoms with van der Waals surface area (Å²) >= 11 is 5.94. The van der Waals surface area contributed by atoms with Crippen LogP contribution in [0.25, 0.3) is 0 Å². The van der Waals surface area contributed by atoms with Gasteiger partial charge in [-0.15, -0.1) is 0 Å². The zero-order chi connectivity index (χ0) is 16.9. The van der Waals surface area contributed by atoms with Crippen LogP contribution in [0.2, 0.25) is 5.02 Å². The first kappa shape index (κ1) is 18.2. The molecule has 6 heteroatoms. The first-order chi connectivity index (χ1) is 10.1. The van der Waals surface area contributed by atoms with E-state index in [1.807, 2.05) is 34.6 Å². The minimum Gasteiger partial charge on any atom is -0.439 e. The summed E-state index contributed by atoms with van der Waals surface area (Å²) in [5.74, 6) is 0.0110. The lowest BCUT2D eigenvalue weighted by molar-refractivity contribution is 0.0626. The fourth-order valence-electron chi connectivity index (χ4n) is 1.93. The molecule has 0 saturated carbocycles. The van der Waals surface area contributed by atoms with Crippen molar-refractivity contribution in [1.82, 2.24) is 10.3 Å². The minimum atomic E-state index is -0.539. The number of rotatable bonds is 4. The van der Waals surface area contributed by atoms with Crippen LogP contribution in [-0.4, -0.2) is 16.6 Å². The molecule has 0 fully saturated rings. The van der Waals surface area contributed by atoms with Crippen LogP contribution in [0.5, 0.6) is 0 Å². The number of hydrogen-bond acceptors (Lipinski definition) is 4. The van der Waals surface area contributed by atoms with Crippen molar-refractivity contribution in [1.29, 1.82) is 5.26 Å². The fourth-order valence-corrected chi connectivity index (χ4v) is 2.11. The summed E-state index contributed by atoms with van der Waals surface area (Å²) in [4.78, 5) is 16.3. The summed E-state index contributed by atoms with van der Waals surface area (Å²) < 4.78 is 5.54. The molecule has 1 amide bonds. The molecule has 0 aliphatic rings. The monoisotopic (exact) mass is 323 g/mol. The zero-order valence-corrected chi connectivity index (χ0v) is 14.4. The number of nitriles is 1. The highest BCUT2D eigenvalue weighted by Crippen LogP contribution is 2.29. The molecule has 0 saturated heterocycles. The molecule has 0 bridgehead atoms. The van der Waals surface area contributed by atoms with Crippen molar-refractivity contribution in [2.24, 2.45) is 5.92 Å². The second-order valence-corrected chi connectivity index (χ2v) is 6.91. The van der Waals surface area contributed by atoms with E-state index in [1.54, 1.807) is 6.07 Å². The molecule has 0 spiro atoms. The molecule has 1 rings (SSSR count). The fraction of sp³-hybridized carbons (Fsp3) is 0.562. The van der Waals surface area contributed by atoms with Gasteiger partial charge >= 0.3 is 6.09 Å². The average Bonchev–Trinajstić information content (AvgIpc) is 2.35. The Morgan fingerprint density at radius 2 is 2.14 bits per heavy atom. The summed E-state index contributed by atoms with van der Waals surface area (Å²) in [5, 5.41) is 12.2. The van der Waals surface area contributed by atoms with Crippen molar-refractivity contribution in [3.05, 3.63) is 28.5 Å². The molecule has 1 atom stereocenters.